The highest BCUT2D eigenvalue weighted by molar-refractivity contribution is 7.12. The van der Waals surface area contributed by atoms with Gasteiger partial charge in [0.05, 0.1) is 4.88 Å². The number of aldehydes is 1. The largest absolute Gasteiger partial charge is 0.326 e. The SMILES string of the molecule is NCc1cccc(-c2csc(C=O)c2)c1. The Bertz CT molecular complexity index is 476. The van der Waals surface area contributed by atoms with Crippen molar-refractivity contribution in [3.8, 4) is 11.1 Å². The molecule has 0 saturated carbocycles. The van der Waals surface area contributed by atoms with E-state index < -0.39 is 0 Å². The molecule has 0 aliphatic carbocycles. The molecule has 3 heteroatoms. The van der Waals surface area contributed by atoms with Gasteiger partial charge >= 0.3 is 0 Å². The van der Waals surface area contributed by atoms with E-state index in [-0.39, 0.29) is 0 Å². The van der Waals surface area contributed by atoms with Gasteiger partial charge in [-0.25, -0.2) is 0 Å². The van der Waals surface area contributed by atoms with E-state index in [1.54, 1.807) is 0 Å². The number of nitrogens with two attached hydrogens (primary N) is 1. The quantitative estimate of drug-likeness (QED) is 0.803. The summed E-state index contributed by atoms with van der Waals surface area (Å²) in [6, 6.07) is 9.95. The van der Waals surface area contributed by atoms with Crippen molar-refractivity contribution in [2.75, 3.05) is 0 Å². The Kier molecular flexibility index (Phi) is 2.94. The first-order valence-electron chi connectivity index (χ1n) is 4.66. The fourth-order valence-corrected chi connectivity index (χ4v) is 2.16. The number of thiophene rings is 1. The predicted molar refractivity (Wildman–Crippen MR) is 63.0 cm³/mol. The number of hydrogen-bond donors (Lipinski definition) is 1. The van der Waals surface area contributed by atoms with Crippen molar-refractivity contribution in [3.63, 3.8) is 0 Å². The summed E-state index contributed by atoms with van der Waals surface area (Å²) in [5.74, 6) is 0. The molecule has 0 aliphatic heterocycles. The third-order valence-electron chi connectivity index (χ3n) is 2.23. The molecule has 2 nitrogen and oxygen atoms in total. The van der Waals surface area contributed by atoms with Gasteiger partial charge in [-0.1, -0.05) is 18.2 Å². The predicted octanol–water partition coefficient (Wildman–Crippen LogP) is 2.69. The molecule has 0 atom stereocenters. The average Bonchev–Trinajstić information content (AvgIpc) is 2.78. The lowest BCUT2D eigenvalue weighted by Crippen LogP contribution is -1.95. The fraction of sp³-hybridized carbons (Fsp3) is 0.0833. The average molecular weight is 217 g/mol. The highest BCUT2D eigenvalue weighted by Gasteiger charge is 2.02. The standard InChI is InChI=1S/C12H11NOS/c13-6-9-2-1-3-10(4-9)11-5-12(7-14)15-8-11/h1-5,7-8H,6,13H2. The molecule has 0 bridgehead atoms. The van der Waals surface area contributed by atoms with Crippen LogP contribution in [0, 0.1) is 0 Å². The van der Waals surface area contributed by atoms with Gasteiger partial charge in [0.25, 0.3) is 0 Å². The second-order valence-corrected chi connectivity index (χ2v) is 4.20. The van der Waals surface area contributed by atoms with Crippen LogP contribution in [-0.2, 0) is 6.54 Å². The topological polar surface area (TPSA) is 43.1 Å². The van der Waals surface area contributed by atoms with Crippen molar-refractivity contribution in [1.82, 2.24) is 0 Å². The van der Waals surface area contributed by atoms with Crippen LogP contribution < -0.4 is 5.73 Å². The Morgan fingerprint density at radius 3 is 2.80 bits per heavy atom. The van der Waals surface area contributed by atoms with Crippen LogP contribution in [0.4, 0.5) is 0 Å². The second-order valence-electron chi connectivity index (χ2n) is 3.26. The molecule has 0 fully saturated rings. The first kappa shape index (κ1) is 10.1. The molecule has 0 unspecified atom stereocenters. The Hall–Kier alpha value is -1.45. The van der Waals surface area contributed by atoms with Crippen LogP contribution in [0.5, 0.6) is 0 Å². The van der Waals surface area contributed by atoms with E-state index in [2.05, 4.69) is 6.07 Å². The Labute approximate surface area is 92.4 Å². The first-order chi connectivity index (χ1) is 7.33. The zero-order valence-corrected chi connectivity index (χ0v) is 8.96. The molecule has 0 aliphatic rings. The van der Waals surface area contributed by atoms with Gasteiger partial charge in [0.1, 0.15) is 0 Å². The summed E-state index contributed by atoms with van der Waals surface area (Å²) < 4.78 is 0. The molecule has 76 valence electrons. The first-order valence-corrected chi connectivity index (χ1v) is 5.54. The van der Waals surface area contributed by atoms with Crippen molar-refractivity contribution >= 4 is 17.6 Å². The maximum atomic E-state index is 10.6. The highest BCUT2D eigenvalue weighted by atomic mass is 32.1. The number of carbonyl (C=O) groups is 1. The van der Waals surface area contributed by atoms with E-state index in [1.807, 2.05) is 29.6 Å². The van der Waals surface area contributed by atoms with Crippen molar-refractivity contribution in [3.05, 3.63) is 46.2 Å². The van der Waals surface area contributed by atoms with Gasteiger partial charge in [-0.3, -0.25) is 4.79 Å². The maximum absolute atomic E-state index is 10.6. The van der Waals surface area contributed by atoms with Gasteiger partial charge in [-0.05, 0) is 34.2 Å². The molecule has 2 N–H and O–H groups in total. The van der Waals surface area contributed by atoms with E-state index in [9.17, 15) is 4.79 Å². The monoisotopic (exact) mass is 217 g/mol. The minimum atomic E-state index is 0.540. The van der Waals surface area contributed by atoms with Gasteiger partial charge in [-0.2, -0.15) is 0 Å². The van der Waals surface area contributed by atoms with E-state index >= 15 is 0 Å². The smallest absolute Gasteiger partial charge is 0.160 e. The van der Waals surface area contributed by atoms with Crippen LogP contribution in [0.2, 0.25) is 0 Å². The number of rotatable bonds is 3. The fourth-order valence-electron chi connectivity index (χ4n) is 1.44. The van der Waals surface area contributed by atoms with Crippen molar-refractivity contribution in [1.29, 1.82) is 0 Å². The van der Waals surface area contributed by atoms with Crippen LogP contribution in [0.15, 0.2) is 35.7 Å². The van der Waals surface area contributed by atoms with Crippen LogP contribution >= 0.6 is 11.3 Å². The summed E-state index contributed by atoms with van der Waals surface area (Å²) in [5.41, 5.74) is 8.87. The van der Waals surface area contributed by atoms with Gasteiger partial charge in [0, 0.05) is 6.54 Å². The molecule has 2 rings (SSSR count). The molecule has 2 aromatic rings. The lowest BCUT2D eigenvalue weighted by Gasteiger charge is -2.00. The second kappa shape index (κ2) is 4.38. The molecule has 0 amide bonds. The third-order valence-corrected chi connectivity index (χ3v) is 3.09. The maximum Gasteiger partial charge on any atom is 0.160 e. The molecular formula is C12H11NOS. The summed E-state index contributed by atoms with van der Waals surface area (Å²) in [6.45, 7) is 0.540. The van der Waals surface area contributed by atoms with Crippen molar-refractivity contribution < 1.29 is 4.79 Å². The van der Waals surface area contributed by atoms with Crippen LogP contribution in [-0.4, -0.2) is 6.29 Å². The molecular weight excluding hydrogens is 206 g/mol. The van der Waals surface area contributed by atoms with Gasteiger partial charge < -0.3 is 5.73 Å². The molecule has 1 aromatic carbocycles. The molecule has 1 aromatic heterocycles. The van der Waals surface area contributed by atoms with Gasteiger partial charge in [0.2, 0.25) is 0 Å². The third kappa shape index (κ3) is 2.14. The zero-order valence-electron chi connectivity index (χ0n) is 8.14. The Morgan fingerprint density at radius 2 is 2.13 bits per heavy atom. The summed E-state index contributed by atoms with van der Waals surface area (Å²) in [6.07, 6.45) is 0.876. The van der Waals surface area contributed by atoms with E-state index in [0.29, 0.717) is 6.54 Å². The van der Waals surface area contributed by atoms with Crippen molar-refractivity contribution in [2.45, 2.75) is 6.54 Å². The highest BCUT2D eigenvalue weighted by Crippen LogP contribution is 2.25. The van der Waals surface area contributed by atoms with Gasteiger partial charge in [0.15, 0.2) is 6.29 Å². The summed E-state index contributed by atoms with van der Waals surface area (Å²) >= 11 is 1.46. The summed E-state index contributed by atoms with van der Waals surface area (Å²) in [4.78, 5) is 11.3. The van der Waals surface area contributed by atoms with Gasteiger partial charge in [-0.15, -0.1) is 11.3 Å². The molecule has 1 heterocycles. The number of hydrogen-bond acceptors (Lipinski definition) is 3. The lowest BCUT2D eigenvalue weighted by molar-refractivity contribution is 0.112. The lowest BCUT2D eigenvalue weighted by atomic mass is 10.1. The molecule has 0 radical (unpaired) electrons. The van der Waals surface area contributed by atoms with Crippen LogP contribution in [0.3, 0.4) is 0 Å². The number of carbonyl (C=O) groups excluding carboxylic acids is 1. The van der Waals surface area contributed by atoms with E-state index in [0.717, 1.165) is 27.9 Å². The minimum absolute atomic E-state index is 0.540. The summed E-state index contributed by atoms with van der Waals surface area (Å²) in [5, 5.41) is 1.99. The van der Waals surface area contributed by atoms with Crippen molar-refractivity contribution in [2.24, 2.45) is 5.73 Å². The number of benzene rings is 1. The zero-order chi connectivity index (χ0) is 10.7. The van der Waals surface area contributed by atoms with E-state index in [4.69, 9.17) is 5.73 Å². The van der Waals surface area contributed by atoms with Crippen LogP contribution in [0.25, 0.3) is 11.1 Å². The molecule has 15 heavy (non-hydrogen) atoms. The van der Waals surface area contributed by atoms with E-state index in [1.165, 1.54) is 11.3 Å². The summed E-state index contributed by atoms with van der Waals surface area (Å²) in [7, 11) is 0. The molecule has 0 spiro atoms. The Balaban J connectivity index is 2.39. The molecule has 0 saturated heterocycles. The van der Waals surface area contributed by atoms with Crippen LogP contribution in [0.1, 0.15) is 15.2 Å². The normalized spacial score (nSPS) is 10.2. The minimum Gasteiger partial charge on any atom is -0.326 e. The Morgan fingerprint density at radius 1 is 1.27 bits per heavy atom.